The van der Waals surface area contributed by atoms with Gasteiger partial charge in [-0.2, -0.15) is 0 Å². The Kier molecular flexibility index (Phi) is 6.28. The van der Waals surface area contributed by atoms with E-state index < -0.39 is 0 Å². The highest BCUT2D eigenvalue weighted by atomic mass is 32.2. The summed E-state index contributed by atoms with van der Waals surface area (Å²) in [7, 11) is 1.78. The number of benzene rings is 1. The van der Waals surface area contributed by atoms with Gasteiger partial charge < -0.3 is 10.6 Å². The molecule has 0 unspecified atom stereocenters. The number of aliphatic imine (C=N–C) groups is 1. The molecule has 1 aromatic carbocycles. The van der Waals surface area contributed by atoms with E-state index in [0.29, 0.717) is 0 Å². The molecule has 0 saturated carbocycles. The van der Waals surface area contributed by atoms with Crippen LogP contribution in [0.4, 0.5) is 0 Å². The number of rotatable bonds is 7. The van der Waals surface area contributed by atoms with Crippen LogP contribution in [0.5, 0.6) is 0 Å². The molecule has 0 bridgehead atoms. The number of nitrogens with one attached hydrogen (secondary N) is 2. The van der Waals surface area contributed by atoms with E-state index in [4.69, 9.17) is 0 Å². The largest absolute Gasteiger partial charge is 0.356 e. The molecule has 0 amide bonds. The molecule has 0 aliphatic carbocycles. The van der Waals surface area contributed by atoms with Gasteiger partial charge in [0, 0.05) is 43.4 Å². The molecule has 6 nitrogen and oxygen atoms in total. The van der Waals surface area contributed by atoms with Gasteiger partial charge in [0.05, 0.1) is 0 Å². The average Bonchev–Trinajstić information content (AvgIpc) is 3.08. The quantitative estimate of drug-likeness (QED) is 0.295. The first-order chi connectivity index (χ1) is 12.4. The summed E-state index contributed by atoms with van der Waals surface area (Å²) in [6.07, 6.45) is 2.77. The number of hydrogen-bond donors (Lipinski definition) is 2. The van der Waals surface area contributed by atoms with E-state index in [1.807, 2.05) is 46.6 Å². The second-order valence-corrected chi connectivity index (χ2v) is 6.55. The molecule has 2 N–H and O–H groups in total. The van der Waals surface area contributed by atoms with Crippen molar-refractivity contribution in [2.24, 2.45) is 4.99 Å². The van der Waals surface area contributed by atoms with Gasteiger partial charge in [-0.05, 0) is 24.3 Å². The van der Waals surface area contributed by atoms with E-state index in [-0.39, 0.29) is 0 Å². The maximum atomic E-state index is 4.26. The first kappa shape index (κ1) is 17.3. The van der Waals surface area contributed by atoms with Crippen molar-refractivity contribution in [3.63, 3.8) is 0 Å². The predicted molar refractivity (Wildman–Crippen MR) is 103 cm³/mol. The minimum absolute atomic E-state index is 0.751. The molecule has 3 rings (SSSR count). The molecule has 0 aliphatic rings. The first-order valence-corrected chi connectivity index (χ1v) is 9.26. The Bertz CT molecular complexity index is 815. The van der Waals surface area contributed by atoms with Crippen LogP contribution in [0.2, 0.25) is 0 Å². The van der Waals surface area contributed by atoms with E-state index in [1.165, 1.54) is 4.90 Å². The van der Waals surface area contributed by atoms with Crippen molar-refractivity contribution in [2.45, 2.75) is 11.3 Å². The molecule has 0 atom stereocenters. The molecule has 7 heteroatoms. The number of fused-ring (bicyclic) bond motifs is 1. The maximum Gasteiger partial charge on any atom is 0.191 e. The van der Waals surface area contributed by atoms with Gasteiger partial charge in [0.15, 0.2) is 11.6 Å². The van der Waals surface area contributed by atoms with Crippen molar-refractivity contribution >= 4 is 23.4 Å². The lowest BCUT2D eigenvalue weighted by Gasteiger charge is -2.11. The highest BCUT2D eigenvalue weighted by molar-refractivity contribution is 7.99. The first-order valence-electron chi connectivity index (χ1n) is 8.28. The Labute approximate surface area is 151 Å². The lowest BCUT2D eigenvalue weighted by molar-refractivity contribution is 0.769. The van der Waals surface area contributed by atoms with Crippen LogP contribution in [0.1, 0.15) is 5.82 Å². The predicted octanol–water partition coefficient (Wildman–Crippen LogP) is 2.23. The van der Waals surface area contributed by atoms with Gasteiger partial charge in [0.2, 0.25) is 0 Å². The van der Waals surface area contributed by atoms with Crippen molar-refractivity contribution in [1.29, 1.82) is 0 Å². The topological polar surface area (TPSA) is 66.6 Å². The minimum atomic E-state index is 0.751. The van der Waals surface area contributed by atoms with Gasteiger partial charge in [-0.25, -0.2) is 0 Å². The second kappa shape index (κ2) is 9.08. The van der Waals surface area contributed by atoms with Crippen LogP contribution in [-0.4, -0.2) is 46.4 Å². The zero-order chi connectivity index (χ0) is 17.3. The fraction of sp³-hybridized carbons (Fsp3) is 0.278. The number of pyridine rings is 1. The minimum Gasteiger partial charge on any atom is -0.356 e. The van der Waals surface area contributed by atoms with Crippen LogP contribution in [0.25, 0.3) is 5.65 Å². The molecule has 0 fully saturated rings. The lowest BCUT2D eigenvalue weighted by atomic mass is 10.4. The maximum absolute atomic E-state index is 4.26. The molecular weight excluding hydrogens is 332 g/mol. The zero-order valence-corrected chi connectivity index (χ0v) is 15.0. The Morgan fingerprint density at radius 2 is 1.84 bits per heavy atom. The van der Waals surface area contributed by atoms with Crippen molar-refractivity contribution < 1.29 is 0 Å². The highest BCUT2D eigenvalue weighted by Gasteiger charge is 2.04. The van der Waals surface area contributed by atoms with Gasteiger partial charge in [-0.1, -0.05) is 24.3 Å². The SMILES string of the molecule is CN=C(NCCSc1ccccc1)NCCc1nnc2ccccn12. The summed E-state index contributed by atoms with van der Waals surface area (Å²) >= 11 is 1.83. The summed E-state index contributed by atoms with van der Waals surface area (Å²) in [5.74, 6) is 2.74. The van der Waals surface area contributed by atoms with Crippen LogP contribution in [-0.2, 0) is 6.42 Å². The standard InChI is InChI=1S/C18H22N6S/c1-19-18(21-12-14-25-15-7-3-2-4-8-15)20-11-10-17-23-22-16-9-5-6-13-24(16)17/h2-9,13H,10-12,14H2,1H3,(H2,19,20,21). The van der Waals surface area contributed by atoms with Crippen LogP contribution in [0.3, 0.4) is 0 Å². The van der Waals surface area contributed by atoms with Crippen LogP contribution >= 0.6 is 11.8 Å². The summed E-state index contributed by atoms with van der Waals surface area (Å²) in [6, 6.07) is 16.3. The molecule has 25 heavy (non-hydrogen) atoms. The third kappa shape index (κ3) is 4.96. The number of nitrogens with zero attached hydrogens (tertiary/aromatic N) is 4. The van der Waals surface area contributed by atoms with E-state index in [2.05, 4.69) is 50.1 Å². The Hall–Kier alpha value is -2.54. The van der Waals surface area contributed by atoms with Crippen molar-refractivity contribution in [3.05, 3.63) is 60.6 Å². The Balaban J connectivity index is 1.39. The Morgan fingerprint density at radius 1 is 1.04 bits per heavy atom. The summed E-state index contributed by atoms with van der Waals surface area (Å²) < 4.78 is 2.01. The third-order valence-electron chi connectivity index (χ3n) is 3.66. The number of hydrogen-bond acceptors (Lipinski definition) is 4. The molecule has 0 spiro atoms. The average molecular weight is 354 g/mol. The number of guanidine groups is 1. The van der Waals surface area contributed by atoms with Crippen molar-refractivity contribution in [3.8, 4) is 0 Å². The number of thioether (sulfide) groups is 1. The van der Waals surface area contributed by atoms with E-state index >= 15 is 0 Å². The monoisotopic (exact) mass is 354 g/mol. The summed E-state index contributed by atoms with van der Waals surface area (Å²) in [4.78, 5) is 5.54. The lowest BCUT2D eigenvalue weighted by Crippen LogP contribution is -2.39. The molecule has 2 aromatic heterocycles. The molecule has 0 radical (unpaired) electrons. The van der Waals surface area contributed by atoms with Crippen LogP contribution in [0, 0.1) is 0 Å². The molecule has 2 heterocycles. The summed E-state index contributed by atoms with van der Waals surface area (Å²) in [5.41, 5.74) is 0.873. The van der Waals surface area contributed by atoms with Gasteiger partial charge in [0.1, 0.15) is 5.82 Å². The van der Waals surface area contributed by atoms with Crippen molar-refractivity contribution in [1.82, 2.24) is 25.2 Å². The summed E-state index contributed by atoms with van der Waals surface area (Å²) in [6.45, 7) is 1.61. The van der Waals surface area contributed by atoms with Gasteiger partial charge in [-0.15, -0.1) is 22.0 Å². The molecule has 0 saturated heterocycles. The van der Waals surface area contributed by atoms with E-state index in [9.17, 15) is 0 Å². The molecule has 0 aliphatic heterocycles. The van der Waals surface area contributed by atoms with E-state index in [1.54, 1.807) is 7.05 Å². The fourth-order valence-electron chi connectivity index (χ4n) is 2.43. The van der Waals surface area contributed by atoms with Crippen LogP contribution in [0.15, 0.2) is 64.6 Å². The van der Waals surface area contributed by atoms with Gasteiger partial charge >= 0.3 is 0 Å². The third-order valence-corrected chi connectivity index (χ3v) is 4.67. The molecule has 130 valence electrons. The van der Waals surface area contributed by atoms with Gasteiger partial charge in [-0.3, -0.25) is 9.39 Å². The van der Waals surface area contributed by atoms with E-state index in [0.717, 1.165) is 42.7 Å². The number of aromatic nitrogens is 3. The molecule has 3 aromatic rings. The Morgan fingerprint density at radius 3 is 2.68 bits per heavy atom. The highest BCUT2D eigenvalue weighted by Crippen LogP contribution is 2.15. The van der Waals surface area contributed by atoms with Gasteiger partial charge in [0.25, 0.3) is 0 Å². The fourth-order valence-corrected chi connectivity index (χ4v) is 3.22. The van der Waals surface area contributed by atoms with Crippen molar-refractivity contribution in [2.75, 3.05) is 25.9 Å². The van der Waals surface area contributed by atoms with Crippen LogP contribution < -0.4 is 10.6 Å². The second-order valence-electron chi connectivity index (χ2n) is 5.38. The normalized spacial score (nSPS) is 11.6. The smallest absolute Gasteiger partial charge is 0.191 e. The summed E-state index contributed by atoms with van der Waals surface area (Å²) in [5, 5.41) is 15.1. The molecular formula is C18H22N6S. The zero-order valence-electron chi connectivity index (χ0n) is 14.2.